The van der Waals surface area contributed by atoms with Gasteiger partial charge in [-0.15, -0.1) is 0 Å². The van der Waals surface area contributed by atoms with Crippen LogP contribution in [0.2, 0.25) is 0 Å². The van der Waals surface area contributed by atoms with Gasteiger partial charge in [-0.2, -0.15) is 0 Å². The monoisotopic (exact) mass is 849 g/mol. The van der Waals surface area contributed by atoms with Crippen molar-refractivity contribution in [3.8, 4) is 44.5 Å². The van der Waals surface area contributed by atoms with Crippen LogP contribution in [0.4, 0.5) is 0 Å². The van der Waals surface area contributed by atoms with E-state index < -0.39 is 0 Å². The van der Waals surface area contributed by atoms with Gasteiger partial charge in [-0.1, -0.05) is 211 Å². The minimum absolute atomic E-state index is 1.18. The third-order valence-electron chi connectivity index (χ3n) is 11.9. The molecule has 7 aromatic rings. The summed E-state index contributed by atoms with van der Waals surface area (Å²) < 4.78 is 0. The predicted molar refractivity (Wildman–Crippen MR) is 289 cm³/mol. The second-order valence-electron chi connectivity index (χ2n) is 16.9. The van der Waals surface area contributed by atoms with Crippen molar-refractivity contribution in [2.24, 2.45) is 0 Å². The molecule has 0 unspecified atom stereocenters. The topological polar surface area (TPSA) is 0 Å². The van der Waals surface area contributed by atoms with Crippen LogP contribution in [0.25, 0.3) is 55.7 Å². The summed E-state index contributed by atoms with van der Waals surface area (Å²) in [6.07, 6.45) is 14.7. The molecule has 0 aliphatic heterocycles. The number of allylic oxidation sites excluding steroid dienone is 11. The van der Waals surface area contributed by atoms with Crippen molar-refractivity contribution < 1.29 is 0 Å². The van der Waals surface area contributed by atoms with Gasteiger partial charge in [0, 0.05) is 0 Å². The molecule has 0 amide bonds. The Kier molecular flexibility index (Phi) is 18.2. The molecule has 7 rings (SSSR count). The lowest BCUT2D eigenvalue weighted by Crippen LogP contribution is -1.95. The maximum atomic E-state index is 4.10. The molecule has 0 fully saturated rings. The number of hydrogen-bond donors (Lipinski definition) is 0. The summed E-state index contributed by atoms with van der Waals surface area (Å²) >= 11 is 0. The third-order valence-corrected chi connectivity index (χ3v) is 11.9. The van der Waals surface area contributed by atoms with Gasteiger partial charge in [0.25, 0.3) is 0 Å². The second-order valence-corrected chi connectivity index (χ2v) is 16.9. The zero-order valence-corrected chi connectivity index (χ0v) is 40.8. The van der Waals surface area contributed by atoms with E-state index in [2.05, 4.69) is 264 Å². The van der Waals surface area contributed by atoms with E-state index in [9.17, 15) is 0 Å². The molecule has 0 bridgehead atoms. The van der Waals surface area contributed by atoms with Crippen LogP contribution in [0.5, 0.6) is 0 Å². The van der Waals surface area contributed by atoms with Crippen LogP contribution in [-0.2, 0) is 0 Å². The molecule has 65 heavy (non-hydrogen) atoms. The standard InChI is InChI=1S/C35H34.C17H22.C13H12/c1-7-12-25(4)32(8-2)33-17-11-18-34(27(33)6)35-23-31(20-19-26(35)5)30-16-10-15-29(22-30)28-14-9-13-24(3)21-28;1-6-8-9-16(14(4)7-2)17-11-10-13(3)12-15(17)5;1-11-7-9-13(10-8-11)12-5-3-2-4-6-12/h7-23H,2H2,1,3-6H3;6-12H,1-5H3;2-10H,1H3/b12-7-,32-25+;8-6-,14-7-,16-9+;. The van der Waals surface area contributed by atoms with Crippen LogP contribution in [0.3, 0.4) is 0 Å². The smallest absolute Gasteiger partial charge is 0.0146 e. The Balaban J connectivity index is 0.000000217. The molecule has 0 nitrogen and oxygen atoms in total. The first kappa shape index (κ1) is 49.0. The summed E-state index contributed by atoms with van der Waals surface area (Å²) in [6.45, 7) is 27.6. The van der Waals surface area contributed by atoms with Gasteiger partial charge in [0.05, 0.1) is 0 Å². The van der Waals surface area contributed by atoms with Gasteiger partial charge >= 0.3 is 0 Å². The minimum atomic E-state index is 1.18. The molecule has 0 heterocycles. The molecule has 0 N–H and O–H groups in total. The first-order chi connectivity index (χ1) is 31.4. The van der Waals surface area contributed by atoms with Gasteiger partial charge in [-0.3, -0.25) is 0 Å². The Morgan fingerprint density at radius 3 is 1.63 bits per heavy atom. The van der Waals surface area contributed by atoms with Crippen molar-refractivity contribution in [2.75, 3.05) is 0 Å². The molecule has 0 radical (unpaired) electrons. The van der Waals surface area contributed by atoms with Crippen LogP contribution in [0, 0.1) is 41.5 Å². The van der Waals surface area contributed by atoms with E-state index in [1.54, 1.807) is 0 Å². The summed E-state index contributed by atoms with van der Waals surface area (Å²) in [5.74, 6) is 0. The molecular weight excluding hydrogens is 781 g/mol. The van der Waals surface area contributed by atoms with Gasteiger partial charge in [0.1, 0.15) is 0 Å². The summed E-state index contributed by atoms with van der Waals surface area (Å²) in [6, 6.07) is 56.6. The molecule has 0 spiro atoms. The van der Waals surface area contributed by atoms with E-state index in [1.807, 2.05) is 19.1 Å². The highest BCUT2D eigenvalue weighted by Gasteiger charge is 2.13. The highest BCUT2D eigenvalue weighted by molar-refractivity contribution is 5.86. The fourth-order valence-electron chi connectivity index (χ4n) is 8.11. The lowest BCUT2D eigenvalue weighted by molar-refractivity contribution is 1.34. The minimum Gasteiger partial charge on any atom is -0.0984 e. The van der Waals surface area contributed by atoms with Crippen molar-refractivity contribution >= 4 is 11.1 Å². The molecular formula is C65H68. The molecule has 7 aromatic carbocycles. The summed E-state index contributed by atoms with van der Waals surface area (Å²) in [5.41, 5.74) is 25.4. The van der Waals surface area contributed by atoms with Crippen LogP contribution in [0.15, 0.2) is 218 Å². The van der Waals surface area contributed by atoms with Crippen molar-refractivity contribution in [3.05, 3.63) is 262 Å². The molecule has 0 saturated heterocycles. The fourth-order valence-corrected chi connectivity index (χ4v) is 8.11. The van der Waals surface area contributed by atoms with Gasteiger partial charge in [0.2, 0.25) is 0 Å². The lowest BCUT2D eigenvalue weighted by atomic mass is 9.87. The first-order valence-corrected chi connectivity index (χ1v) is 22.9. The van der Waals surface area contributed by atoms with Crippen molar-refractivity contribution in [2.45, 2.75) is 76.2 Å². The molecule has 0 aliphatic carbocycles. The van der Waals surface area contributed by atoms with E-state index in [-0.39, 0.29) is 0 Å². The Morgan fingerprint density at radius 2 is 1.02 bits per heavy atom. The summed E-state index contributed by atoms with van der Waals surface area (Å²) in [4.78, 5) is 0. The molecule has 0 aromatic heterocycles. The molecule has 328 valence electrons. The summed E-state index contributed by atoms with van der Waals surface area (Å²) in [5, 5.41) is 0. The summed E-state index contributed by atoms with van der Waals surface area (Å²) in [7, 11) is 0. The Bertz CT molecular complexity index is 2850. The Labute approximate surface area is 392 Å². The van der Waals surface area contributed by atoms with E-state index in [4.69, 9.17) is 0 Å². The molecule has 0 saturated carbocycles. The second kappa shape index (κ2) is 24.2. The number of benzene rings is 7. The maximum absolute atomic E-state index is 4.10. The van der Waals surface area contributed by atoms with Crippen molar-refractivity contribution in [1.82, 2.24) is 0 Å². The average molecular weight is 849 g/mol. The zero-order valence-electron chi connectivity index (χ0n) is 40.8. The maximum Gasteiger partial charge on any atom is -0.0146 e. The lowest BCUT2D eigenvalue weighted by Gasteiger charge is -2.17. The van der Waals surface area contributed by atoms with Gasteiger partial charge < -0.3 is 0 Å². The quantitative estimate of drug-likeness (QED) is 0.120. The van der Waals surface area contributed by atoms with Crippen LogP contribution in [0.1, 0.15) is 79.1 Å². The van der Waals surface area contributed by atoms with Crippen LogP contribution >= 0.6 is 0 Å². The van der Waals surface area contributed by atoms with Crippen LogP contribution < -0.4 is 0 Å². The van der Waals surface area contributed by atoms with Crippen molar-refractivity contribution in [1.29, 1.82) is 0 Å². The van der Waals surface area contributed by atoms with Crippen molar-refractivity contribution in [3.63, 3.8) is 0 Å². The first-order valence-electron chi connectivity index (χ1n) is 22.9. The number of rotatable bonds is 10. The zero-order chi connectivity index (χ0) is 46.9. The SMILES string of the molecule is C=C/C(=C(C)\C=C/C)c1cccc(-c2cc(-c3cccc(-c4cccc(C)c4)c3)ccc2C)c1C.C\C=C/C=C(\C(C)=C/C)c1ccc(C)cc1C.Cc1ccc(-c2ccccc2)cc1. The van der Waals surface area contributed by atoms with Crippen LogP contribution in [-0.4, -0.2) is 0 Å². The van der Waals surface area contributed by atoms with Gasteiger partial charge in [-0.05, 0) is 183 Å². The predicted octanol–water partition coefficient (Wildman–Crippen LogP) is 19.0. The Morgan fingerprint density at radius 1 is 0.446 bits per heavy atom. The normalized spacial score (nSPS) is 12.0. The van der Waals surface area contributed by atoms with E-state index in [0.29, 0.717) is 0 Å². The largest absolute Gasteiger partial charge is 0.0984 e. The van der Waals surface area contributed by atoms with E-state index in [0.717, 1.165) is 0 Å². The molecule has 0 heteroatoms. The van der Waals surface area contributed by atoms with E-state index >= 15 is 0 Å². The Hall–Kier alpha value is -7.02. The molecule has 0 atom stereocenters. The third kappa shape index (κ3) is 13.3. The van der Waals surface area contributed by atoms with E-state index in [1.165, 1.54) is 111 Å². The average Bonchev–Trinajstić information content (AvgIpc) is 3.31. The highest BCUT2D eigenvalue weighted by Crippen LogP contribution is 2.36. The molecule has 0 aliphatic rings. The fraction of sp³-hybridized carbons (Fsp3) is 0.169. The highest BCUT2D eigenvalue weighted by atomic mass is 14.2. The van der Waals surface area contributed by atoms with Gasteiger partial charge in [-0.25, -0.2) is 0 Å². The number of aryl methyl sites for hydroxylation is 5. The number of hydrogen-bond acceptors (Lipinski definition) is 0. The van der Waals surface area contributed by atoms with Gasteiger partial charge in [0.15, 0.2) is 0 Å².